The summed E-state index contributed by atoms with van der Waals surface area (Å²) in [5, 5.41) is 18.0. The Balaban J connectivity index is 2.25. The van der Waals surface area contributed by atoms with E-state index in [4.69, 9.17) is 5.11 Å². The molecule has 0 radical (unpaired) electrons. The molecule has 2 N–H and O–H groups in total. The Morgan fingerprint density at radius 3 is 2.24 bits per heavy atom. The van der Waals surface area contributed by atoms with Gasteiger partial charge in [0.2, 0.25) is 11.8 Å². The first kappa shape index (κ1) is 18.1. The first-order valence-corrected chi connectivity index (χ1v) is 7.46. The summed E-state index contributed by atoms with van der Waals surface area (Å²) in [6, 6.07) is 5.85. The minimum absolute atomic E-state index is 0.104. The highest BCUT2D eigenvalue weighted by Crippen LogP contribution is 2.20. The first-order chi connectivity index (χ1) is 11.8. The van der Waals surface area contributed by atoms with Crippen LogP contribution in [0.1, 0.15) is 24.8 Å². The highest BCUT2D eigenvalue weighted by atomic mass is 16.4. The number of hydrogen-bond acceptors (Lipinski definition) is 5. The lowest BCUT2D eigenvalue weighted by atomic mass is 10.1. The first-order valence-electron chi connectivity index (χ1n) is 7.46. The van der Waals surface area contributed by atoms with Gasteiger partial charge >= 0.3 is 18.0 Å². The zero-order valence-electron chi connectivity index (χ0n) is 13.1. The highest BCUT2D eigenvalue weighted by molar-refractivity contribution is 6.15. The van der Waals surface area contributed by atoms with Crippen LogP contribution in [0.4, 0.5) is 4.79 Å². The Morgan fingerprint density at radius 1 is 1.04 bits per heavy atom. The number of carbonyl (C=O) groups is 5. The normalized spacial score (nSPS) is 16.1. The Hall–Kier alpha value is -3.23. The van der Waals surface area contributed by atoms with Gasteiger partial charge in [-0.15, -0.1) is 0 Å². The molecule has 0 aliphatic carbocycles. The molecule has 25 heavy (non-hydrogen) atoms. The van der Waals surface area contributed by atoms with Crippen molar-refractivity contribution in [1.29, 1.82) is 0 Å². The third-order valence-corrected chi connectivity index (χ3v) is 3.72. The number of benzene rings is 1. The van der Waals surface area contributed by atoms with Crippen molar-refractivity contribution in [2.75, 3.05) is 0 Å². The summed E-state index contributed by atoms with van der Waals surface area (Å²) in [7, 11) is 0. The molecule has 1 aliphatic rings. The molecule has 0 aromatic heterocycles. The summed E-state index contributed by atoms with van der Waals surface area (Å²) < 4.78 is 0. The fraction of sp³-hybridized carbons (Fsp3) is 0.312. The number of carboxylic acid groups (broad SMARTS) is 2. The van der Waals surface area contributed by atoms with Crippen LogP contribution < -0.4 is 0 Å². The van der Waals surface area contributed by atoms with Crippen LogP contribution in [0, 0.1) is 0 Å². The van der Waals surface area contributed by atoms with Crippen LogP contribution in [0.25, 0.3) is 0 Å². The van der Waals surface area contributed by atoms with Gasteiger partial charge in [0.1, 0.15) is 12.5 Å². The van der Waals surface area contributed by atoms with E-state index in [-0.39, 0.29) is 6.54 Å². The molecule has 1 aromatic carbocycles. The van der Waals surface area contributed by atoms with E-state index in [1.165, 1.54) is 0 Å². The molecule has 1 aliphatic heterocycles. The van der Waals surface area contributed by atoms with Crippen molar-refractivity contribution in [2.24, 2.45) is 0 Å². The van der Waals surface area contributed by atoms with Crippen molar-refractivity contribution in [3.63, 3.8) is 0 Å². The monoisotopic (exact) mass is 348 g/mol. The van der Waals surface area contributed by atoms with Crippen molar-refractivity contribution in [3.8, 4) is 0 Å². The van der Waals surface area contributed by atoms with Crippen LogP contribution in [0.3, 0.4) is 0 Å². The molecule has 1 heterocycles. The number of nitrogens with zero attached hydrogens (tertiary/aromatic N) is 2. The molecule has 0 saturated carbocycles. The lowest BCUT2D eigenvalue weighted by molar-refractivity contribution is -0.154. The predicted octanol–water partition coefficient (Wildman–Crippen LogP) is 0.685. The average molecular weight is 348 g/mol. The predicted molar refractivity (Wildman–Crippen MR) is 82.1 cm³/mol. The summed E-state index contributed by atoms with van der Waals surface area (Å²) in [5.41, 5.74) is 0.635. The molecule has 1 fully saturated rings. The van der Waals surface area contributed by atoms with Crippen LogP contribution in [-0.4, -0.2) is 55.8 Å². The smallest absolute Gasteiger partial charge is 0.334 e. The number of hydrogen-bond donors (Lipinski definition) is 2. The minimum atomic E-state index is -1.64. The molecular weight excluding hydrogens is 332 g/mol. The summed E-state index contributed by atoms with van der Waals surface area (Å²) in [6.45, 7) is -0.104. The quantitative estimate of drug-likeness (QED) is 0.693. The van der Waals surface area contributed by atoms with E-state index in [0.717, 1.165) is 4.90 Å². The van der Waals surface area contributed by atoms with Gasteiger partial charge < -0.3 is 10.2 Å². The number of barbiturate groups is 1. The van der Waals surface area contributed by atoms with Crippen molar-refractivity contribution in [2.45, 2.75) is 31.8 Å². The number of rotatable bonds is 7. The standard InChI is InChI=1S/C16H16N2O7/c19-12-8-13(20)18(11(15(23)24)6-7-14(21)22)16(25)17(12)9-10-4-2-1-3-5-10/h1-5,11H,6-9H2,(H,21,22)(H,23,24)/t11-/m0/s1. The van der Waals surface area contributed by atoms with Gasteiger partial charge in [-0.25, -0.2) is 14.5 Å². The van der Waals surface area contributed by atoms with Crippen molar-refractivity contribution < 1.29 is 34.2 Å². The van der Waals surface area contributed by atoms with Crippen molar-refractivity contribution in [3.05, 3.63) is 35.9 Å². The van der Waals surface area contributed by atoms with Crippen LogP contribution >= 0.6 is 0 Å². The van der Waals surface area contributed by atoms with Crippen LogP contribution in [0.5, 0.6) is 0 Å². The van der Waals surface area contributed by atoms with Crippen LogP contribution in [0.2, 0.25) is 0 Å². The summed E-state index contributed by atoms with van der Waals surface area (Å²) in [5.74, 6) is -4.42. The largest absolute Gasteiger partial charge is 0.481 e. The molecule has 0 unspecified atom stereocenters. The lowest BCUT2D eigenvalue weighted by Gasteiger charge is -2.35. The number of carboxylic acids is 2. The van der Waals surface area contributed by atoms with Crippen molar-refractivity contribution in [1.82, 2.24) is 9.80 Å². The molecule has 1 atom stereocenters. The molecule has 132 valence electrons. The average Bonchev–Trinajstić information content (AvgIpc) is 2.54. The minimum Gasteiger partial charge on any atom is -0.481 e. The molecule has 9 heteroatoms. The Labute approximate surface area is 142 Å². The molecule has 0 bridgehead atoms. The fourth-order valence-electron chi connectivity index (χ4n) is 2.51. The van der Waals surface area contributed by atoms with E-state index in [1.807, 2.05) is 0 Å². The Kier molecular flexibility index (Phi) is 5.48. The third-order valence-electron chi connectivity index (χ3n) is 3.72. The molecule has 4 amide bonds. The number of imide groups is 2. The van der Waals surface area contributed by atoms with Gasteiger partial charge in [0.25, 0.3) is 0 Å². The van der Waals surface area contributed by atoms with Gasteiger partial charge in [0.15, 0.2) is 0 Å². The van der Waals surface area contributed by atoms with Gasteiger partial charge in [-0.1, -0.05) is 30.3 Å². The van der Waals surface area contributed by atoms with E-state index >= 15 is 0 Å². The number of urea groups is 1. The van der Waals surface area contributed by atoms with E-state index in [2.05, 4.69) is 0 Å². The fourth-order valence-corrected chi connectivity index (χ4v) is 2.51. The molecular formula is C16H16N2O7. The van der Waals surface area contributed by atoms with Crippen LogP contribution in [0.15, 0.2) is 30.3 Å². The van der Waals surface area contributed by atoms with Crippen molar-refractivity contribution >= 4 is 29.8 Å². The zero-order valence-corrected chi connectivity index (χ0v) is 13.1. The van der Waals surface area contributed by atoms with Gasteiger partial charge in [0.05, 0.1) is 6.54 Å². The van der Waals surface area contributed by atoms with Gasteiger partial charge in [-0.05, 0) is 12.0 Å². The van der Waals surface area contributed by atoms with E-state index in [0.29, 0.717) is 10.5 Å². The number of aliphatic carboxylic acids is 2. The molecule has 9 nitrogen and oxygen atoms in total. The van der Waals surface area contributed by atoms with Crippen LogP contribution in [-0.2, 0) is 25.7 Å². The van der Waals surface area contributed by atoms with E-state index in [9.17, 15) is 29.1 Å². The summed E-state index contributed by atoms with van der Waals surface area (Å²) >= 11 is 0. The summed E-state index contributed by atoms with van der Waals surface area (Å²) in [6.07, 6.45) is -1.61. The molecule has 1 saturated heterocycles. The maximum absolute atomic E-state index is 12.5. The van der Waals surface area contributed by atoms with E-state index < -0.39 is 55.1 Å². The second kappa shape index (κ2) is 7.56. The van der Waals surface area contributed by atoms with Gasteiger partial charge in [0, 0.05) is 6.42 Å². The highest BCUT2D eigenvalue weighted by Gasteiger charge is 2.44. The van der Waals surface area contributed by atoms with E-state index in [1.54, 1.807) is 30.3 Å². The topological polar surface area (TPSA) is 132 Å². The second-order valence-electron chi connectivity index (χ2n) is 5.48. The second-order valence-corrected chi connectivity index (χ2v) is 5.48. The molecule has 1 aromatic rings. The Bertz CT molecular complexity index is 716. The third kappa shape index (κ3) is 4.19. The van der Waals surface area contributed by atoms with Gasteiger partial charge in [-0.2, -0.15) is 0 Å². The molecule has 0 spiro atoms. The molecule has 2 rings (SSSR count). The maximum Gasteiger partial charge on any atom is 0.334 e. The summed E-state index contributed by atoms with van der Waals surface area (Å²) in [4.78, 5) is 60.0. The SMILES string of the molecule is O=C(O)CC[C@@H](C(=O)O)N1C(=O)CC(=O)N(Cc2ccccc2)C1=O. The number of amides is 4. The number of carbonyl (C=O) groups excluding carboxylic acids is 3. The maximum atomic E-state index is 12.5. The Morgan fingerprint density at radius 2 is 1.68 bits per heavy atom. The van der Waals surface area contributed by atoms with Gasteiger partial charge in [-0.3, -0.25) is 19.3 Å². The lowest BCUT2D eigenvalue weighted by Crippen LogP contribution is -2.59. The zero-order chi connectivity index (χ0) is 18.6.